The van der Waals surface area contributed by atoms with Gasteiger partial charge in [-0.25, -0.2) is 0 Å². The van der Waals surface area contributed by atoms with Gasteiger partial charge in [-0.2, -0.15) is 0 Å². The molecule has 0 N–H and O–H groups in total. The second-order valence-electron chi connectivity index (χ2n) is 5.60. The van der Waals surface area contributed by atoms with Crippen molar-refractivity contribution in [2.24, 2.45) is 11.8 Å². The van der Waals surface area contributed by atoms with Crippen LogP contribution in [0.1, 0.15) is 24.3 Å². The molecular formula is C16H16O4. The van der Waals surface area contributed by atoms with E-state index in [-0.39, 0.29) is 5.97 Å². The van der Waals surface area contributed by atoms with Crippen molar-refractivity contribution >= 4 is 5.97 Å². The summed E-state index contributed by atoms with van der Waals surface area (Å²) in [5.74, 6) is 2.61. The SMILES string of the molecule is O=C1C[C@@H]2C=CC[C@@H](c3ccc4c(c3)OCO4)[C@@H]2CO1. The topological polar surface area (TPSA) is 44.8 Å². The molecular weight excluding hydrogens is 256 g/mol. The van der Waals surface area contributed by atoms with E-state index in [1.807, 2.05) is 6.07 Å². The molecule has 0 radical (unpaired) electrons. The van der Waals surface area contributed by atoms with E-state index in [1.54, 1.807) is 0 Å². The normalized spacial score (nSPS) is 30.8. The van der Waals surface area contributed by atoms with Crippen molar-refractivity contribution in [1.29, 1.82) is 0 Å². The second-order valence-corrected chi connectivity index (χ2v) is 5.60. The van der Waals surface area contributed by atoms with Gasteiger partial charge in [-0.3, -0.25) is 4.79 Å². The summed E-state index contributed by atoms with van der Waals surface area (Å²) in [7, 11) is 0. The minimum absolute atomic E-state index is 0.0813. The fourth-order valence-corrected chi connectivity index (χ4v) is 3.44. The van der Waals surface area contributed by atoms with Crippen molar-refractivity contribution in [3.8, 4) is 11.5 Å². The Bertz CT molecular complexity index is 578. The van der Waals surface area contributed by atoms with Crippen LogP contribution in [0, 0.1) is 11.8 Å². The Morgan fingerprint density at radius 2 is 2.00 bits per heavy atom. The lowest BCUT2D eigenvalue weighted by molar-refractivity contribution is -0.152. The first kappa shape index (κ1) is 11.8. The van der Waals surface area contributed by atoms with Crippen LogP contribution >= 0.6 is 0 Å². The van der Waals surface area contributed by atoms with Gasteiger partial charge >= 0.3 is 5.97 Å². The number of carbonyl (C=O) groups is 1. The van der Waals surface area contributed by atoms with Crippen LogP contribution in [0.15, 0.2) is 30.4 Å². The molecule has 0 unspecified atom stereocenters. The van der Waals surface area contributed by atoms with Gasteiger partial charge in [0.25, 0.3) is 0 Å². The van der Waals surface area contributed by atoms with Gasteiger partial charge in [-0.15, -0.1) is 0 Å². The third-order valence-corrected chi connectivity index (χ3v) is 4.50. The second kappa shape index (κ2) is 4.54. The van der Waals surface area contributed by atoms with Crippen LogP contribution in [-0.4, -0.2) is 19.4 Å². The molecule has 104 valence electrons. The molecule has 1 saturated heterocycles. The summed E-state index contributed by atoms with van der Waals surface area (Å²) >= 11 is 0. The molecule has 0 amide bonds. The van der Waals surface area contributed by atoms with Crippen molar-refractivity contribution in [2.75, 3.05) is 13.4 Å². The number of esters is 1. The number of cyclic esters (lactones) is 1. The predicted octanol–water partition coefficient (Wildman–Crippen LogP) is 2.64. The predicted molar refractivity (Wildman–Crippen MR) is 71.6 cm³/mol. The Morgan fingerprint density at radius 1 is 1.10 bits per heavy atom. The Hall–Kier alpha value is -1.97. The molecule has 4 nitrogen and oxygen atoms in total. The summed E-state index contributed by atoms with van der Waals surface area (Å²) in [6.07, 6.45) is 5.85. The average Bonchev–Trinajstić information content (AvgIpc) is 2.93. The van der Waals surface area contributed by atoms with E-state index in [1.165, 1.54) is 5.56 Å². The molecule has 3 aliphatic rings. The summed E-state index contributed by atoms with van der Waals surface area (Å²) in [6.45, 7) is 0.819. The number of carbonyl (C=O) groups excluding carboxylic acids is 1. The third kappa shape index (κ3) is 1.87. The first-order chi connectivity index (χ1) is 9.81. The number of rotatable bonds is 1. The Balaban J connectivity index is 1.64. The lowest BCUT2D eigenvalue weighted by Gasteiger charge is -2.37. The first-order valence-electron chi connectivity index (χ1n) is 7.03. The minimum Gasteiger partial charge on any atom is -0.465 e. The molecule has 3 atom stereocenters. The van der Waals surface area contributed by atoms with Crippen molar-refractivity contribution in [1.82, 2.24) is 0 Å². The molecule has 1 fully saturated rings. The van der Waals surface area contributed by atoms with Gasteiger partial charge in [-0.1, -0.05) is 18.2 Å². The van der Waals surface area contributed by atoms with Crippen molar-refractivity contribution in [3.05, 3.63) is 35.9 Å². The van der Waals surface area contributed by atoms with Crippen LogP contribution < -0.4 is 9.47 Å². The maximum atomic E-state index is 11.4. The van der Waals surface area contributed by atoms with E-state index in [2.05, 4.69) is 24.3 Å². The average molecular weight is 272 g/mol. The highest BCUT2D eigenvalue weighted by Crippen LogP contribution is 2.44. The third-order valence-electron chi connectivity index (χ3n) is 4.50. The molecule has 1 aromatic rings. The van der Waals surface area contributed by atoms with Gasteiger partial charge in [0, 0.05) is 5.92 Å². The van der Waals surface area contributed by atoms with E-state index >= 15 is 0 Å². The summed E-state index contributed by atoms with van der Waals surface area (Å²) in [6, 6.07) is 6.14. The van der Waals surface area contributed by atoms with Gasteiger partial charge in [0.05, 0.1) is 13.0 Å². The number of ether oxygens (including phenoxy) is 3. The lowest BCUT2D eigenvalue weighted by Crippen LogP contribution is -2.35. The lowest BCUT2D eigenvalue weighted by atomic mass is 9.71. The van der Waals surface area contributed by atoms with Gasteiger partial charge in [-0.05, 0) is 36.0 Å². The molecule has 4 rings (SSSR count). The smallest absolute Gasteiger partial charge is 0.306 e. The Morgan fingerprint density at radius 3 is 2.95 bits per heavy atom. The van der Waals surface area contributed by atoms with Crippen molar-refractivity contribution in [2.45, 2.75) is 18.8 Å². The zero-order chi connectivity index (χ0) is 13.5. The van der Waals surface area contributed by atoms with E-state index in [4.69, 9.17) is 14.2 Å². The highest BCUT2D eigenvalue weighted by Gasteiger charge is 2.37. The van der Waals surface area contributed by atoms with Gasteiger partial charge in [0.1, 0.15) is 0 Å². The molecule has 4 heteroatoms. The number of benzene rings is 1. The maximum absolute atomic E-state index is 11.4. The zero-order valence-electron chi connectivity index (χ0n) is 11.1. The van der Waals surface area contributed by atoms with Crippen LogP contribution in [0.3, 0.4) is 0 Å². The molecule has 0 bridgehead atoms. The molecule has 1 aliphatic carbocycles. The number of fused-ring (bicyclic) bond motifs is 2. The zero-order valence-corrected chi connectivity index (χ0v) is 11.1. The van der Waals surface area contributed by atoms with E-state index < -0.39 is 0 Å². The summed E-state index contributed by atoms with van der Waals surface area (Å²) in [5, 5.41) is 0. The molecule has 0 spiro atoms. The fourth-order valence-electron chi connectivity index (χ4n) is 3.44. The summed E-state index contributed by atoms with van der Waals surface area (Å²) < 4.78 is 16.1. The number of allylic oxidation sites excluding steroid dienone is 2. The Kier molecular flexibility index (Phi) is 2.69. The van der Waals surface area contributed by atoms with Crippen LogP contribution in [-0.2, 0) is 9.53 Å². The van der Waals surface area contributed by atoms with Gasteiger partial charge < -0.3 is 14.2 Å². The molecule has 2 heterocycles. The first-order valence-corrected chi connectivity index (χ1v) is 7.03. The number of hydrogen-bond donors (Lipinski definition) is 0. The maximum Gasteiger partial charge on any atom is 0.306 e. The van der Waals surface area contributed by atoms with Gasteiger partial charge in [0.2, 0.25) is 6.79 Å². The number of hydrogen-bond acceptors (Lipinski definition) is 4. The quantitative estimate of drug-likeness (QED) is 0.582. The molecule has 0 saturated carbocycles. The minimum atomic E-state index is -0.0813. The van der Waals surface area contributed by atoms with Crippen molar-refractivity contribution < 1.29 is 19.0 Å². The molecule has 2 aliphatic heterocycles. The summed E-state index contributed by atoms with van der Waals surface area (Å²) in [4.78, 5) is 11.4. The van der Waals surface area contributed by atoms with Gasteiger partial charge in [0.15, 0.2) is 11.5 Å². The van der Waals surface area contributed by atoms with Crippen LogP contribution in [0.4, 0.5) is 0 Å². The fraction of sp³-hybridized carbons (Fsp3) is 0.438. The van der Waals surface area contributed by atoms with E-state index in [9.17, 15) is 4.79 Å². The Labute approximate surface area is 117 Å². The molecule has 20 heavy (non-hydrogen) atoms. The highest BCUT2D eigenvalue weighted by atomic mass is 16.7. The van der Waals surface area contributed by atoms with Crippen molar-refractivity contribution in [3.63, 3.8) is 0 Å². The monoisotopic (exact) mass is 272 g/mol. The van der Waals surface area contributed by atoms with E-state index in [0.717, 1.165) is 17.9 Å². The van der Waals surface area contributed by atoms with Crippen LogP contribution in [0.5, 0.6) is 11.5 Å². The summed E-state index contributed by atoms with van der Waals surface area (Å²) in [5.41, 5.74) is 1.24. The van der Waals surface area contributed by atoms with Crippen LogP contribution in [0.25, 0.3) is 0 Å². The largest absolute Gasteiger partial charge is 0.465 e. The standard InChI is InChI=1S/C16H16O4/c17-16-7-10-2-1-3-12(13(10)8-18-16)11-4-5-14-15(6-11)20-9-19-14/h1-2,4-6,10,12-13H,3,7-9H2/t10-,12-,13+/m0/s1. The van der Waals surface area contributed by atoms with E-state index in [0.29, 0.717) is 37.6 Å². The van der Waals surface area contributed by atoms with Crippen LogP contribution in [0.2, 0.25) is 0 Å². The highest BCUT2D eigenvalue weighted by molar-refractivity contribution is 5.71. The molecule has 0 aromatic heterocycles. The molecule has 1 aromatic carbocycles.